The molecule has 0 saturated heterocycles. The van der Waals surface area contributed by atoms with E-state index in [2.05, 4.69) is 69.3 Å². The van der Waals surface area contributed by atoms with Gasteiger partial charge < -0.3 is 4.74 Å². The summed E-state index contributed by atoms with van der Waals surface area (Å²) in [7, 11) is 0. The molecule has 2 aromatic rings. The van der Waals surface area contributed by atoms with E-state index in [1.54, 1.807) is 0 Å². The molecule has 38 heavy (non-hydrogen) atoms. The summed E-state index contributed by atoms with van der Waals surface area (Å²) in [6.07, 6.45) is 27.6. The SMILES string of the molecule is CCCCCCCCCCCCCCCCCCOc1ccc(-c2ccc(CCC[C@@H](C)CC)cc2)cc1. The Hall–Kier alpha value is -1.76. The van der Waals surface area contributed by atoms with Gasteiger partial charge in [-0.25, -0.2) is 0 Å². The highest BCUT2D eigenvalue weighted by atomic mass is 16.5. The highest BCUT2D eigenvalue weighted by Crippen LogP contribution is 2.24. The Balaban J connectivity index is 1.44. The second kappa shape index (κ2) is 22.1. The van der Waals surface area contributed by atoms with E-state index in [0.717, 1.165) is 18.3 Å². The van der Waals surface area contributed by atoms with Crippen LogP contribution in [-0.4, -0.2) is 6.61 Å². The molecule has 0 bridgehead atoms. The summed E-state index contributed by atoms with van der Waals surface area (Å²) in [6, 6.07) is 17.8. The predicted octanol–water partition coefficient (Wildman–Crippen LogP) is 12.4. The number of benzene rings is 2. The third-order valence-electron chi connectivity index (χ3n) is 8.27. The number of hydrogen-bond donors (Lipinski definition) is 0. The third-order valence-corrected chi connectivity index (χ3v) is 8.27. The van der Waals surface area contributed by atoms with Crippen molar-refractivity contribution in [1.82, 2.24) is 0 Å². The first kappa shape index (κ1) is 32.5. The molecule has 0 heterocycles. The normalized spacial score (nSPS) is 12.1. The van der Waals surface area contributed by atoms with E-state index in [1.165, 1.54) is 145 Å². The Morgan fingerprint density at radius 2 is 0.974 bits per heavy atom. The van der Waals surface area contributed by atoms with Crippen LogP contribution in [0.5, 0.6) is 5.75 Å². The average Bonchev–Trinajstić information content (AvgIpc) is 2.95. The molecule has 0 fully saturated rings. The molecule has 0 aliphatic carbocycles. The summed E-state index contributed by atoms with van der Waals surface area (Å²) in [5.41, 5.74) is 4.02. The van der Waals surface area contributed by atoms with Crippen molar-refractivity contribution >= 4 is 0 Å². The van der Waals surface area contributed by atoms with Crippen molar-refractivity contribution in [3.05, 3.63) is 54.1 Å². The molecule has 0 N–H and O–H groups in total. The first-order chi connectivity index (χ1) is 18.7. The molecule has 0 unspecified atom stereocenters. The molecule has 2 aromatic carbocycles. The lowest BCUT2D eigenvalue weighted by atomic mass is 9.98. The molecule has 0 spiro atoms. The molecular weight excluding hydrogens is 460 g/mol. The van der Waals surface area contributed by atoms with Crippen molar-refractivity contribution < 1.29 is 4.74 Å². The molecule has 1 nitrogen and oxygen atoms in total. The van der Waals surface area contributed by atoms with E-state index >= 15 is 0 Å². The number of aryl methyl sites for hydroxylation is 1. The van der Waals surface area contributed by atoms with Gasteiger partial charge in [0.15, 0.2) is 0 Å². The summed E-state index contributed by atoms with van der Waals surface area (Å²) >= 11 is 0. The second-order valence-electron chi connectivity index (χ2n) is 11.8. The minimum absolute atomic E-state index is 0.836. The Labute approximate surface area is 237 Å². The standard InChI is InChI=1S/C37H60O/c1-4-6-7-8-9-10-11-12-13-14-15-16-17-18-19-20-32-38-37-30-28-36(29-31-37)35-26-24-34(25-27-35)23-21-22-33(3)5-2/h24-31,33H,4-23,32H2,1-3H3/t33-/m0/s1. The van der Waals surface area contributed by atoms with Crippen LogP contribution in [0.15, 0.2) is 48.5 Å². The highest BCUT2D eigenvalue weighted by molar-refractivity contribution is 5.64. The van der Waals surface area contributed by atoms with Gasteiger partial charge in [-0.2, -0.15) is 0 Å². The van der Waals surface area contributed by atoms with Crippen LogP contribution in [0.4, 0.5) is 0 Å². The number of ether oxygens (including phenoxy) is 1. The van der Waals surface area contributed by atoms with Gasteiger partial charge in [-0.3, -0.25) is 0 Å². The summed E-state index contributed by atoms with van der Waals surface area (Å²) in [4.78, 5) is 0. The summed E-state index contributed by atoms with van der Waals surface area (Å²) in [5, 5.41) is 0. The molecule has 0 aliphatic heterocycles. The molecule has 214 valence electrons. The zero-order valence-corrected chi connectivity index (χ0v) is 25.5. The number of hydrogen-bond acceptors (Lipinski definition) is 1. The second-order valence-corrected chi connectivity index (χ2v) is 11.8. The quantitative estimate of drug-likeness (QED) is 0.125. The fourth-order valence-electron chi connectivity index (χ4n) is 5.31. The largest absolute Gasteiger partial charge is 0.494 e. The maximum atomic E-state index is 6.01. The predicted molar refractivity (Wildman–Crippen MR) is 169 cm³/mol. The van der Waals surface area contributed by atoms with Crippen LogP contribution in [0.3, 0.4) is 0 Å². The molecule has 0 amide bonds. The van der Waals surface area contributed by atoms with E-state index in [0.29, 0.717) is 0 Å². The lowest BCUT2D eigenvalue weighted by molar-refractivity contribution is 0.304. The van der Waals surface area contributed by atoms with Gasteiger partial charge in [-0.05, 0) is 54.0 Å². The van der Waals surface area contributed by atoms with Gasteiger partial charge in [-0.1, -0.05) is 166 Å². The van der Waals surface area contributed by atoms with Crippen LogP contribution in [0.2, 0.25) is 0 Å². The van der Waals surface area contributed by atoms with Crippen molar-refractivity contribution in [2.45, 2.75) is 149 Å². The van der Waals surface area contributed by atoms with Crippen LogP contribution < -0.4 is 4.74 Å². The fourth-order valence-corrected chi connectivity index (χ4v) is 5.31. The molecule has 0 saturated carbocycles. The van der Waals surface area contributed by atoms with Gasteiger partial charge in [0.05, 0.1) is 6.61 Å². The Bertz CT molecular complexity index is 775. The van der Waals surface area contributed by atoms with Crippen molar-refractivity contribution in [3.63, 3.8) is 0 Å². The van der Waals surface area contributed by atoms with Gasteiger partial charge in [0, 0.05) is 0 Å². The van der Waals surface area contributed by atoms with Crippen LogP contribution in [0, 0.1) is 5.92 Å². The van der Waals surface area contributed by atoms with Gasteiger partial charge in [0.2, 0.25) is 0 Å². The van der Waals surface area contributed by atoms with Crippen molar-refractivity contribution in [2.24, 2.45) is 5.92 Å². The Kier molecular flexibility index (Phi) is 18.9. The van der Waals surface area contributed by atoms with Crippen molar-refractivity contribution in [3.8, 4) is 16.9 Å². The lowest BCUT2D eigenvalue weighted by Gasteiger charge is -2.09. The molecular formula is C37H60O. The maximum Gasteiger partial charge on any atom is 0.119 e. The van der Waals surface area contributed by atoms with E-state index in [4.69, 9.17) is 4.74 Å². The maximum absolute atomic E-state index is 6.01. The van der Waals surface area contributed by atoms with Crippen molar-refractivity contribution in [2.75, 3.05) is 6.61 Å². The zero-order chi connectivity index (χ0) is 27.1. The topological polar surface area (TPSA) is 9.23 Å². The van der Waals surface area contributed by atoms with Crippen LogP contribution >= 0.6 is 0 Å². The monoisotopic (exact) mass is 520 g/mol. The van der Waals surface area contributed by atoms with Gasteiger partial charge in [0.1, 0.15) is 5.75 Å². The first-order valence-corrected chi connectivity index (χ1v) is 16.5. The zero-order valence-electron chi connectivity index (χ0n) is 25.5. The van der Waals surface area contributed by atoms with Gasteiger partial charge >= 0.3 is 0 Å². The number of rotatable bonds is 24. The third kappa shape index (κ3) is 15.6. The molecule has 1 heteroatoms. The minimum Gasteiger partial charge on any atom is -0.494 e. The fraction of sp³-hybridized carbons (Fsp3) is 0.676. The number of unbranched alkanes of at least 4 members (excludes halogenated alkanes) is 15. The molecule has 2 rings (SSSR count). The summed E-state index contributed by atoms with van der Waals surface area (Å²) in [5.74, 6) is 1.84. The molecule has 0 aliphatic rings. The Morgan fingerprint density at radius 3 is 1.45 bits per heavy atom. The van der Waals surface area contributed by atoms with E-state index < -0.39 is 0 Å². The van der Waals surface area contributed by atoms with Crippen LogP contribution in [0.25, 0.3) is 11.1 Å². The van der Waals surface area contributed by atoms with Crippen LogP contribution in [-0.2, 0) is 6.42 Å². The summed E-state index contributed by atoms with van der Waals surface area (Å²) < 4.78 is 6.01. The van der Waals surface area contributed by atoms with Crippen LogP contribution in [0.1, 0.15) is 148 Å². The van der Waals surface area contributed by atoms with Gasteiger partial charge in [-0.15, -0.1) is 0 Å². The van der Waals surface area contributed by atoms with Gasteiger partial charge in [0.25, 0.3) is 0 Å². The van der Waals surface area contributed by atoms with E-state index in [9.17, 15) is 0 Å². The summed E-state index contributed by atoms with van der Waals surface area (Å²) in [6.45, 7) is 7.78. The Morgan fingerprint density at radius 1 is 0.526 bits per heavy atom. The van der Waals surface area contributed by atoms with Crippen molar-refractivity contribution in [1.29, 1.82) is 0 Å². The van der Waals surface area contributed by atoms with E-state index in [-0.39, 0.29) is 0 Å². The average molecular weight is 521 g/mol. The molecule has 1 atom stereocenters. The van der Waals surface area contributed by atoms with E-state index in [1.807, 2.05) is 0 Å². The first-order valence-electron chi connectivity index (χ1n) is 16.5. The molecule has 0 radical (unpaired) electrons. The highest BCUT2D eigenvalue weighted by Gasteiger charge is 2.02. The minimum atomic E-state index is 0.836. The molecule has 0 aromatic heterocycles. The smallest absolute Gasteiger partial charge is 0.119 e. The lowest BCUT2D eigenvalue weighted by Crippen LogP contribution is -1.97.